The SMILES string of the molecule is CCCCCCCCCCOc1ccc(C(=O)Oc2ccc(OC(=O)OC3CCN(C(=O)CCCCCCC)CC3)cc2)cc1. The number of rotatable bonds is 20. The van der Waals surface area contributed by atoms with Gasteiger partial charge >= 0.3 is 12.1 Å². The Morgan fingerprint density at radius 1 is 0.644 bits per heavy atom. The number of unbranched alkanes of at least 4 members (excludes halogenated alkanes) is 11. The fraction of sp³-hybridized carbons (Fsp3) is 0.595. The Kier molecular flexibility index (Phi) is 17.0. The van der Waals surface area contributed by atoms with Crippen molar-refractivity contribution in [1.29, 1.82) is 0 Å². The van der Waals surface area contributed by atoms with Crippen LogP contribution in [0.3, 0.4) is 0 Å². The minimum absolute atomic E-state index is 0.184. The predicted octanol–water partition coefficient (Wildman–Crippen LogP) is 9.29. The number of hydrogen-bond acceptors (Lipinski definition) is 7. The summed E-state index contributed by atoms with van der Waals surface area (Å²) in [6.07, 6.45) is 16.3. The van der Waals surface area contributed by atoms with Crippen molar-refractivity contribution in [3.8, 4) is 17.2 Å². The van der Waals surface area contributed by atoms with Crippen LogP contribution in [-0.2, 0) is 9.53 Å². The standard InChI is InChI=1S/C37H53NO7/c1-3-5-7-9-10-11-13-15-29-42-31-19-17-30(18-20-31)36(40)43-32-21-23-33(24-22-32)44-37(41)45-34-25-27-38(28-26-34)35(39)16-14-12-8-6-4-2/h17-24,34H,3-16,25-29H2,1-2H3. The molecule has 1 aliphatic heterocycles. The molecule has 1 saturated heterocycles. The van der Waals surface area contributed by atoms with Gasteiger partial charge in [0.1, 0.15) is 23.4 Å². The van der Waals surface area contributed by atoms with Gasteiger partial charge in [-0.15, -0.1) is 0 Å². The van der Waals surface area contributed by atoms with Crippen LogP contribution in [0.1, 0.15) is 127 Å². The van der Waals surface area contributed by atoms with Crippen LogP contribution >= 0.6 is 0 Å². The molecule has 0 atom stereocenters. The van der Waals surface area contributed by atoms with E-state index in [0.717, 1.165) is 25.0 Å². The van der Waals surface area contributed by atoms with Gasteiger partial charge in [0.15, 0.2) is 0 Å². The van der Waals surface area contributed by atoms with Crippen LogP contribution in [0.4, 0.5) is 4.79 Å². The Morgan fingerprint density at radius 2 is 1.16 bits per heavy atom. The topological polar surface area (TPSA) is 91.4 Å². The molecule has 1 fully saturated rings. The first kappa shape index (κ1) is 35.9. The molecule has 0 aromatic heterocycles. The second-order valence-electron chi connectivity index (χ2n) is 11.9. The number of amides is 1. The van der Waals surface area contributed by atoms with E-state index in [1.165, 1.54) is 64.2 Å². The van der Waals surface area contributed by atoms with E-state index in [-0.39, 0.29) is 17.8 Å². The third-order valence-corrected chi connectivity index (χ3v) is 8.14. The molecular weight excluding hydrogens is 570 g/mol. The highest BCUT2D eigenvalue weighted by Gasteiger charge is 2.25. The minimum atomic E-state index is -0.787. The van der Waals surface area contributed by atoms with E-state index in [4.69, 9.17) is 18.9 Å². The molecule has 0 unspecified atom stereocenters. The summed E-state index contributed by atoms with van der Waals surface area (Å²) >= 11 is 0. The molecule has 2 aromatic carbocycles. The number of carbonyl (C=O) groups is 3. The second-order valence-corrected chi connectivity index (χ2v) is 11.9. The molecule has 1 heterocycles. The Bertz CT molecular complexity index is 1120. The van der Waals surface area contributed by atoms with Crippen LogP contribution in [0.15, 0.2) is 48.5 Å². The highest BCUT2D eigenvalue weighted by atomic mass is 16.7. The lowest BCUT2D eigenvalue weighted by Crippen LogP contribution is -2.41. The Balaban J connectivity index is 1.30. The Morgan fingerprint density at radius 3 is 1.76 bits per heavy atom. The Labute approximate surface area is 269 Å². The van der Waals surface area contributed by atoms with E-state index in [9.17, 15) is 14.4 Å². The van der Waals surface area contributed by atoms with Crippen molar-refractivity contribution in [3.05, 3.63) is 54.1 Å². The van der Waals surface area contributed by atoms with Gasteiger partial charge in [-0.05, 0) is 61.4 Å². The zero-order chi connectivity index (χ0) is 32.1. The fourth-order valence-corrected chi connectivity index (χ4v) is 5.37. The largest absolute Gasteiger partial charge is 0.514 e. The van der Waals surface area contributed by atoms with Crippen molar-refractivity contribution in [3.63, 3.8) is 0 Å². The van der Waals surface area contributed by atoms with Gasteiger partial charge in [-0.25, -0.2) is 9.59 Å². The highest BCUT2D eigenvalue weighted by molar-refractivity contribution is 5.91. The first-order chi connectivity index (χ1) is 22.0. The maximum Gasteiger partial charge on any atom is 0.514 e. The first-order valence-electron chi connectivity index (χ1n) is 17.2. The average Bonchev–Trinajstić information content (AvgIpc) is 3.05. The van der Waals surface area contributed by atoms with E-state index in [1.807, 2.05) is 4.90 Å². The van der Waals surface area contributed by atoms with Crippen molar-refractivity contribution in [2.45, 2.75) is 123 Å². The lowest BCUT2D eigenvalue weighted by molar-refractivity contribution is -0.133. The predicted molar refractivity (Wildman–Crippen MR) is 176 cm³/mol. The van der Waals surface area contributed by atoms with Crippen molar-refractivity contribution in [1.82, 2.24) is 4.90 Å². The van der Waals surface area contributed by atoms with Crippen molar-refractivity contribution in [2.24, 2.45) is 0 Å². The lowest BCUT2D eigenvalue weighted by Gasteiger charge is -2.31. The lowest BCUT2D eigenvalue weighted by atomic mass is 10.1. The quantitative estimate of drug-likeness (QED) is 0.0628. The molecule has 1 amide bonds. The van der Waals surface area contributed by atoms with Gasteiger partial charge in [-0.1, -0.05) is 84.5 Å². The van der Waals surface area contributed by atoms with Crippen molar-refractivity contribution in [2.75, 3.05) is 19.7 Å². The maximum atomic E-state index is 12.6. The molecule has 0 aliphatic carbocycles. The van der Waals surface area contributed by atoms with E-state index in [0.29, 0.717) is 50.3 Å². The monoisotopic (exact) mass is 623 g/mol. The number of hydrogen-bond donors (Lipinski definition) is 0. The Hall–Kier alpha value is -3.55. The second kappa shape index (κ2) is 21.2. The van der Waals surface area contributed by atoms with Crippen LogP contribution in [0.25, 0.3) is 0 Å². The van der Waals surface area contributed by atoms with Crippen LogP contribution in [0.2, 0.25) is 0 Å². The number of likely N-dealkylation sites (tertiary alicyclic amines) is 1. The molecule has 8 heteroatoms. The van der Waals surface area contributed by atoms with E-state index >= 15 is 0 Å². The molecule has 248 valence electrons. The normalized spacial score (nSPS) is 13.3. The maximum absolute atomic E-state index is 12.6. The summed E-state index contributed by atoms with van der Waals surface area (Å²) in [7, 11) is 0. The molecule has 3 rings (SSSR count). The highest BCUT2D eigenvalue weighted by Crippen LogP contribution is 2.22. The van der Waals surface area contributed by atoms with Gasteiger partial charge < -0.3 is 23.8 Å². The average molecular weight is 624 g/mol. The molecular formula is C37H53NO7. The fourth-order valence-electron chi connectivity index (χ4n) is 5.37. The third kappa shape index (κ3) is 14.4. The molecule has 0 bridgehead atoms. The molecule has 8 nitrogen and oxygen atoms in total. The molecule has 0 N–H and O–H groups in total. The number of ether oxygens (including phenoxy) is 4. The van der Waals surface area contributed by atoms with E-state index in [2.05, 4.69) is 13.8 Å². The number of nitrogens with zero attached hydrogens (tertiary/aromatic N) is 1. The van der Waals surface area contributed by atoms with Gasteiger partial charge in [-0.2, -0.15) is 0 Å². The number of piperidine rings is 1. The summed E-state index contributed by atoms with van der Waals surface area (Å²) in [5, 5.41) is 0. The van der Waals surface area contributed by atoms with Crippen LogP contribution in [-0.4, -0.2) is 48.7 Å². The van der Waals surface area contributed by atoms with Gasteiger partial charge in [0.2, 0.25) is 5.91 Å². The number of esters is 1. The first-order valence-corrected chi connectivity index (χ1v) is 17.2. The van der Waals surface area contributed by atoms with Gasteiger partial charge in [0, 0.05) is 32.4 Å². The van der Waals surface area contributed by atoms with Gasteiger partial charge in [0.05, 0.1) is 12.2 Å². The van der Waals surface area contributed by atoms with E-state index < -0.39 is 12.1 Å². The summed E-state index contributed by atoms with van der Waals surface area (Å²) in [6.45, 7) is 6.25. The third-order valence-electron chi connectivity index (χ3n) is 8.14. The van der Waals surface area contributed by atoms with Crippen molar-refractivity contribution >= 4 is 18.0 Å². The summed E-state index contributed by atoms with van der Waals surface area (Å²) in [5.41, 5.74) is 0.415. The minimum Gasteiger partial charge on any atom is -0.494 e. The summed E-state index contributed by atoms with van der Waals surface area (Å²) in [6, 6.07) is 13.2. The van der Waals surface area contributed by atoms with Gasteiger partial charge in [0.25, 0.3) is 0 Å². The van der Waals surface area contributed by atoms with Crippen molar-refractivity contribution < 1.29 is 33.3 Å². The summed E-state index contributed by atoms with van der Waals surface area (Å²) in [4.78, 5) is 39.2. The number of carbonyl (C=O) groups excluding carboxylic acids is 3. The van der Waals surface area contributed by atoms with Crippen LogP contribution in [0.5, 0.6) is 17.2 Å². The van der Waals surface area contributed by atoms with Gasteiger partial charge in [-0.3, -0.25) is 4.79 Å². The number of benzene rings is 2. The molecule has 0 radical (unpaired) electrons. The molecule has 2 aromatic rings. The molecule has 45 heavy (non-hydrogen) atoms. The summed E-state index contributed by atoms with van der Waals surface area (Å²) < 4.78 is 22.1. The molecule has 0 spiro atoms. The van der Waals surface area contributed by atoms with E-state index in [1.54, 1.807) is 48.5 Å². The van der Waals surface area contributed by atoms with Crippen LogP contribution < -0.4 is 14.2 Å². The summed E-state index contributed by atoms with van der Waals surface area (Å²) in [5.74, 6) is 1.05. The van der Waals surface area contributed by atoms with Crippen LogP contribution in [0, 0.1) is 0 Å². The molecule has 1 aliphatic rings. The zero-order valence-electron chi connectivity index (χ0n) is 27.4. The molecule has 0 saturated carbocycles. The smallest absolute Gasteiger partial charge is 0.494 e. The zero-order valence-corrected chi connectivity index (χ0v) is 27.4.